The zero-order valence-corrected chi connectivity index (χ0v) is 16.1. The number of ether oxygens (including phenoxy) is 3. The summed E-state index contributed by atoms with van der Waals surface area (Å²) in [6.07, 6.45) is -3.84. The number of aliphatic hydroxyl groups is 1. The van der Waals surface area contributed by atoms with Gasteiger partial charge in [0.25, 0.3) is 15.8 Å². The Hall–Kier alpha value is -1.50. The average Bonchev–Trinajstić information content (AvgIpc) is 2.82. The Morgan fingerprint density at radius 3 is 2.41 bits per heavy atom. The molecule has 0 bridgehead atoms. The van der Waals surface area contributed by atoms with Gasteiger partial charge in [0.1, 0.15) is 18.5 Å². The van der Waals surface area contributed by atoms with Crippen molar-refractivity contribution in [3.63, 3.8) is 0 Å². The van der Waals surface area contributed by atoms with Gasteiger partial charge in [0.2, 0.25) is 0 Å². The van der Waals surface area contributed by atoms with Crippen molar-refractivity contribution in [3.05, 3.63) is 23.3 Å². The molecule has 1 saturated heterocycles. The molecule has 6 nitrogen and oxygen atoms in total. The van der Waals surface area contributed by atoms with Crippen molar-refractivity contribution in [2.24, 2.45) is 5.41 Å². The van der Waals surface area contributed by atoms with Gasteiger partial charge < -0.3 is 19.3 Å². The van der Waals surface area contributed by atoms with Crippen LogP contribution in [0, 0.1) is 5.41 Å². The van der Waals surface area contributed by atoms with Crippen LogP contribution in [0.15, 0.2) is 17.0 Å². The number of aliphatic hydroxyl groups excluding tert-OH is 1. The monoisotopic (exact) mass is 446 g/mol. The third kappa shape index (κ3) is 3.82. The number of halogens is 5. The second-order valence-corrected chi connectivity index (χ2v) is 9.07. The van der Waals surface area contributed by atoms with Crippen molar-refractivity contribution in [2.75, 3.05) is 33.0 Å². The van der Waals surface area contributed by atoms with E-state index >= 15 is 0 Å². The Labute approximate surface area is 163 Å². The van der Waals surface area contributed by atoms with Crippen molar-refractivity contribution >= 4 is 9.84 Å². The van der Waals surface area contributed by atoms with Crippen LogP contribution >= 0.6 is 0 Å². The topological polar surface area (TPSA) is 82.1 Å². The number of sulfone groups is 1. The Kier molecular flexibility index (Phi) is 5.61. The molecule has 3 rings (SSSR count). The van der Waals surface area contributed by atoms with Crippen LogP contribution in [0.1, 0.15) is 24.2 Å². The molecule has 12 heteroatoms. The van der Waals surface area contributed by atoms with Gasteiger partial charge in [-0.25, -0.2) is 17.2 Å². The van der Waals surface area contributed by atoms with Crippen LogP contribution in [0.25, 0.3) is 0 Å². The number of benzene rings is 1. The smallest absolute Gasteiger partial charge is 0.492 e. The van der Waals surface area contributed by atoms with Gasteiger partial charge in [-0.3, -0.25) is 0 Å². The quantitative estimate of drug-likeness (QED) is 0.649. The highest BCUT2D eigenvalue weighted by atomic mass is 32.2. The van der Waals surface area contributed by atoms with Crippen molar-refractivity contribution < 1.29 is 49.7 Å². The molecule has 1 fully saturated rings. The van der Waals surface area contributed by atoms with Crippen LogP contribution in [0.5, 0.6) is 5.75 Å². The normalized spacial score (nSPS) is 22.8. The van der Waals surface area contributed by atoms with E-state index in [1.807, 2.05) is 0 Å². The summed E-state index contributed by atoms with van der Waals surface area (Å²) < 4.78 is 107. The second-order valence-electron chi connectivity index (χ2n) is 7.16. The summed E-state index contributed by atoms with van der Waals surface area (Å²) >= 11 is 0. The summed E-state index contributed by atoms with van der Waals surface area (Å²) in [6, 6.07) is 1.44. The van der Waals surface area contributed by atoms with Crippen molar-refractivity contribution in [1.29, 1.82) is 0 Å². The van der Waals surface area contributed by atoms with Gasteiger partial charge in [0, 0.05) is 24.2 Å². The summed E-state index contributed by atoms with van der Waals surface area (Å²) in [7, 11) is -5.94. The minimum Gasteiger partial charge on any atom is -0.492 e. The molecule has 0 amide bonds. The molecule has 1 atom stereocenters. The van der Waals surface area contributed by atoms with E-state index in [1.54, 1.807) is 6.92 Å². The maximum atomic E-state index is 14.1. The first-order valence-electron chi connectivity index (χ1n) is 8.66. The maximum absolute atomic E-state index is 14.1. The molecule has 0 aromatic heterocycles. The third-order valence-corrected chi connectivity index (χ3v) is 6.46. The van der Waals surface area contributed by atoms with Gasteiger partial charge in [-0.1, -0.05) is 0 Å². The number of rotatable bonds is 7. The molecular weight excluding hydrogens is 427 g/mol. The fourth-order valence-electron chi connectivity index (χ4n) is 3.29. The van der Waals surface area contributed by atoms with Crippen LogP contribution in [-0.2, 0) is 25.7 Å². The predicted molar refractivity (Wildman–Crippen MR) is 88.5 cm³/mol. The SMILES string of the molecule is CCOCC1(COc2ccc(S(=O)(=O)C(F)(F)F)c3c2CC(F)(F)[C@H]3O)COC1. The zero-order chi connectivity index (χ0) is 21.7. The van der Waals surface area contributed by atoms with Gasteiger partial charge in [-0.15, -0.1) is 0 Å². The van der Waals surface area contributed by atoms with Gasteiger partial charge in [0.15, 0.2) is 0 Å². The lowest BCUT2D eigenvalue weighted by Crippen LogP contribution is -2.50. The third-order valence-electron chi connectivity index (χ3n) is 4.92. The minimum atomic E-state index is -5.94. The summed E-state index contributed by atoms with van der Waals surface area (Å²) in [4.78, 5) is -1.40. The standard InChI is InChI=1S/C17H19F5O6S/c1-2-26-6-15(7-27-8-15)9-28-11-3-4-12(29(24,25)17(20,21)22)13-10(11)5-16(18,19)14(13)23/h3-4,14,23H,2,5-9H2,1H3/t14-/m0/s1. The zero-order valence-electron chi connectivity index (χ0n) is 15.3. The molecule has 1 aliphatic heterocycles. The fraction of sp³-hybridized carbons (Fsp3) is 0.647. The lowest BCUT2D eigenvalue weighted by Gasteiger charge is -2.40. The van der Waals surface area contributed by atoms with E-state index in [0.717, 1.165) is 6.07 Å². The van der Waals surface area contributed by atoms with Crippen molar-refractivity contribution in [3.8, 4) is 5.75 Å². The number of fused-ring (bicyclic) bond motifs is 1. The Bertz CT molecular complexity index is 879. The van der Waals surface area contributed by atoms with E-state index in [4.69, 9.17) is 14.2 Å². The summed E-state index contributed by atoms with van der Waals surface area (Å²) in [5, 5.41) is 9.87. The summed E-state index contributed by atoms with van der Waals surface area (Å²) in [5.41, 5.74) is -7.68. The van der Waals surface area contributed by atoms with E-state index in [-0.39, 0.29) is 32.2 Å². The van der Waals surface area contributed by atoms with E-state index in [1.165, 1.54) is 0 Å². The molecule has 0 saturated carbocycles. The van der Waals surface area contributed by atoms with Crippen LogP contribution in [-0.4, -0.2) is 58.0 Å². The van der Waals surface area contributed by atoms with Crippen LogP contribution in [0.4, 0.5) is 22.0 Å². The summed E-state index contributed by atoms with van der Waals surface area (Å²) in [5.74, 6) is -4.04. The number of hydrogen-bond donors (Lipinski definition) is 1. The van der Waals surface area contributed by atoms with Crippen LogP contribution in [0.3, 0.4) is 0 Å². The van der Waals surface area contributed by atoms with Crippen LogP contribution in [0.2, 0.25) is 0 Å². The van der Waals surface area contributed by atoms with Gasteiger partial charge in [-0.05, 0) is 19.1 Å². The average molecular weight is 446 g/mol. The van der Waals surface area contributed by atoms with Gasteiger partial charge in [0.05, 0.1) is 30.1 Å². The Balaban J connectivity index is 1.98. The Morgan fingerprint density at radius 2 is 1.90 bits per heavy atom. The second kappa shape index (κ2) is 7.33. The first kappa shape index (κ1) is 22.2. The molecule has 1 aromatic rings. The highest BCUT2D eigenvalue weighted by molar-refractivity contribution is 7.92. The van der Waals surface area contributed by atoms with Crippen LogP contribution < -0.4 is 4.74 Å². The van der Waals surface area contributed by atoms with Crippen molar-refractivity contribution in [2.45, 2.75) is 35.8 Å². The molecule has 0 radical (unpaired) electrons. The Morgan fingerprint density at radius 1 is 1.24 bits per heavy atom. The van der Waals surface area contributed by atoms with E-state index < -0.39 is 55.2 Å². The largest absolute Gasteiger partial charge is 0.501 e. The highest BCUT2D eigenvalue weighted by Gasteiger charge is 2.55. The number of hydrogen-bond acceptors (Lipinski definition) is 6. The summed E-state index contributed by atoms with van der Waals surface area (Å²) in [6.45, 7) is 3.02. The molecule has 0 spiro atoms. The molecule has 1 heterocycles. The van der Waals surface area contributed by atoms with E-state index in [0.29, 0.717) is 12.7 Å². The molecule has 164 valence electrons. The van der Waals surface area contributed by atoms with Crippen molar-refractivity contribution in [1.82, 2.24) is 0 Å². The van der Waals surface area contributed by atoms with E-state index in [9.17, 15) is 35.5 Å². The van der Waals surface area contributed by atoms with E-state index in [2.05, 4.69) is 0 Å². The van der Waals surface area contributed by atoms with Gasteiger partial charge >= 0.3 is 5.51 Å². The molecular formula is C17H19F5O6S. The molecule has 1 aromatic carbocycles. The molecule has 0 unspecified atom stereocenters. The molecule has 1 N–H and O–H groups in total. The first-order chi connectivity index (χ1) is 13.3. The maximum Gasteiger partial charge on any atom is 0.501 e. The molecule has 1 aliphatic carbocycles. The predicted octanol–water partition coefficient (Wildman–Crippen LogP) is 2.64. The highest BCUT2D eigenvalue weighted by Crippen LogP contribution is 2.50. The molecule has 29 heavy (non-hydrogen) atoms. The minimum absolute atomic E-state index is 0.0352. The fourth-order valence-corrected chi connectivity index (χ4v) is 4.31. The number of alkyl halides is 5. The first-order valence-corrected chi connectivity index (χ1v) is 10.1. The molecule has 2 aliphatic rings. The lowest BCUT2D eigenvalue weighted by molar-refractivity contribution is -0.163. The lowest BCUT2D eigenvalue weighted by atomic mass is 9.88. The van der Waals surface area contributed by atoms with Gasteiger partial charge in [-0.2, -0.15) is 13.2 Å².